The van der Waals surface area contributed by atoms with Crippen LogP contribution in [-0.2, 0) is 4.79 Å². The van der Waals surface area contributed by atoms with E-state index in [-0.39, 0.29) is 29.8 Å². The Balaban J connectivity index is 1.55. The first-order chi connectivity index (χ1) is 11.6. The number of nitrogens with zero attached hydrogens (tertiary/aromatic N) is 2. The molecule has 0 spiro atoms. The summed E-state index contributed by atoms with van der Waals surface area (Å²) in [6.07, 6.45) is 4.21. The first kappa shape index (κ1) is 14.8. The van der Waals surface area contributed by atoms with Crippen LogP contribution in [0.15, 0.2) is 18.2 Å². The van der Waals surface area contributed by atoms with Gasteiger partial charge >= 0.3 is 0 Å². The third-order valence-electron chi connectivity index (χ3n) is 6.58. The van der Waals surface area contributed by atoms with Crippen LogP contribution in [0.3, 0.4) is 0 Å². The third kappa shape index (κ3) is 2.06. The number of rotatable bonds is 2. The summed E-state index contributed by atoms with van der Waals surface area (Å²) in [6.45, 7) is 2.58. The summed E-state index contributed by atoms with van der Waals surface area (Å²) in [7, 11) is 0. The fourth-order valence-electron chi connectivity index (χ4n) is 5.32. The van der Waals surface area contributed by atoms with Crippen molar-refractivity contribution in [3.05, 3.63) is 35.4 Å². The minimum Gasteiger partial charge on any atom is -0.337 e. The van der Waals surface area contributed by atoms with Gasteiger partial charge in [-0.25, -0.2) is 8.78 Å². The van der Waals surface area contributed by atoms with Gasteiger partial charge in [0.15, 0.2) is 11.6 Å². The van der Waals surface area contributed by atoms with Crippen LogP contribution in [-0.4, -0.2) is 47.4 Å². The molecule has 1 saturated carbocycles. The van der Waals surface area contributed by atoms with E-state index < -0.39 is 11.6 Å². The lowest BCUT2D eigenvalue weighted by molar-refractivity contribution is -0.137. The Kier molecular flexibility index (Phi) is 3.24. The Morgan fingerprint density at radius 2 is 1.79 bits per heavy atom. The average Bonchev–Trinajstić information content (AvgIpc) is 3.37. The number of halogens is 2. The minimum atomic E-state index is -0.785. The second-order valence-electron chi connectivity index (χ2n) is 7.87. The van der Waals surface area contributed by atoms with E-state index >= 15 is 0 Å². The van der Waals surface area contributed by atoms with Gasteiger partial charge in [-0.3, -0.25) is 9.69 Å². The van der Waals surface area contributed by atoms with Crippen molar-refractivity contribution in [3.8, 4) is 0 Å². The van der Waals surface area contributed by atoms with Crippen molar-refractivity contribution in [2.75, 3.05) is 19.6 Å². The second-order valence-corrected chi connectivity index (χ2v) is 7.87. The molecule has 0 unspecified atom stereocenters. The molecule has 6 rings (SSSR count). The van der Waals surface area contributed by atoms with Crippen LogP contribution >= 0.6 is 0 Å². The number of hydrogen-bond donors (Lipinski definition) is 0. The van der Waals surface area contributed by atoms with Gasteiger partial charge < -0.3 is 4.90 Å². The van der Waals surface area contributed by atoms with E-state index in [0.717, 1.165) is 38.8 Å². The van der Waals surface area contributed by atoms with E-state index in [0.29, 0.717) is 18.0 Å². The van der Waals surface area contributed by atoms with E-state index in [1.165, 1.54) is 6.07 Å². The zero-order valence-corrected chi connectivity index (χ0v) is 13.6. The van der Waals surface area contributed by atoms with Crippen molar-refractivity contribution >= 4 is 5.91 Å². The number of piperidine rings is 3. The van der Waals surface area contributed by atoms with Crippen molar-refractivity contribution in [1.82, 2.24) is 9.80 Å². The number of likely N-dealkylation sites (tertiary alicyclic amines) is 1. The molecule has 5 fully saturated rings. The molecule has 3 atom stereocenters. The van der Waals surface area contributed by atoms with Crippen LogP contribution in [0.4, 0.5) is 8.78 Å². The molecule has 5 aliphatic rings. The summed E-state index contributed by atoms with van der Waals surface area (Å²) in [5.74, 6) is -0.687. The molecule has 1 aromatic rings. The monoisotopic (exact) mass is 332 g/mol. The Morgan fingerprint density at radius 1 is 1.04 bits per heavy atom. The summed E-state index contributed by atoms with van der Waals surface area (Å²) < 4.78 is 28.2. The molecule has 1 amide bonds. The van der Waals surface area contributed by atoms with Crippen molar-refractivity contribution < 1.29 is 13.6 Å². The summed E-state index contributed by atoms with van der Waals surface area (Å²) in [4.78, 5) is 17.3. The number of carbonyl (C=O) groups excluding carboxylic acids is 1. The van der Waals surface area contributed by atoms with E-state index in [1.807, 2.05) is 4.90 Å². The molecule has 2 bridgehead atoms. The molecule has 24 heavy (non-hydrogen) atoms. The lowest BCUT2D eigenvalue weighted by atomic mass is 9.75. The second kappa shape index (κ2) is 5.25. The van der Waals surface area contributed by atoms with Gasteiger partial charge in [0.05, 0.1) is 6.04 Å². The summed E-state index contributed by atoms with van der Waals surface area (Å²) >= 11 is 0. The minimum absolute atomic E-state index is 0.114. The van der Waals surface area contributed by atoms with Crippen molar-refractivity contribution in [1.29, 1.82) is 0 Å². The van der Waals surface area contributed by atoms with Crippen molar-refractivity contribution in [2.24, 2.45) is 11.8 Å². The normalized spacial score (nSPS) is 37.6. The summed E-state index contributed by atoms with van der Waals surface area (Å²) in [5, 5.41) is 0. The number of hydrogen-bond acceptors (Lipinski definition) is 2. The maximum absolute atomic E-state index is 14.5. The van der Waals surface area contributed by atoms with Crippen LogP contribution in [0.25, 0.3) is 0 Å². The topological polar surface area (TPSA) is 23.6 Å². The predicted octanol–water partition coefficient (Wildman–Crippen LogP) is 2.76. The van der Waals surface area contributed by atoms with E-state index in [9.17, 15) is 13.6 Å². The molecule has 1 aliphatic carbocycles. The number of benzene rings is 1. The van der Waals surface area contributed by atoms with E-state index in [2.05, 4.69) is 4.90 Å². The molecule has 0 radical (unpaired) electrons. The quantitative estimate of drug-likeness (QED) is 0.831. The highest BCUT2D eigenvalue weighted by Gasteiger charge is 2.56. The van der Waals surface area contributed by atoms with Gasteiger partial charge in [-0.15, -0.1) is 0 Å². The van der Waals surface area contributed by atoms with Gasteiger partial charge in [0.25, 0.3) is 0 Å². The highest BCUT2D eigenvalue weighted by atomic mass is 19.2. The molecular weight excluding hydrogens is 310 g/mol. The zero-order chi connectivity index (χ0) is 16.4. The molecule has 128 valence electrons. The van der Waals surface area contributed by atoms with Gasteiger partial charge in [0.1, 0.15) is 0 Å². The molecule has 0 aromatic heterocycles. The van der Waals surface area contributed by atoms with E-state index in [4.69, 9.17) is 0 Å². The maximum atomic E-state index is 14.5. The molecule has 0 N–H and O–H groups in total. The smallest absolute Gasteiger partial charge is 0.226 e. The molecule has 3 nitrogen and oxygen atoms in total. The van der Waals surface area contributed by atoms with Crippen LogP contribution in [0, 0.1) is 23.5 Å². The fourth-order valence-corrected chi connectivity index (χ4v) is 5.32. The first-order valence-corrected chi connectivity index (χ1v) is 9.13. The van der Waals surface area contributed by atoms with Crippen LogP contribution in [0.1, 0.15) is 37.2 Å². The van der Waals surface area contributed by atoms with Gasteiger partial charge in [-0.1, -0.05) is 12.1 Å². The molecular formula is C19H22F2N2O. The SMILES string of the molecule is O=C(C1CC1)N1C[C@H](c2cccc(F)c2F)[C@@H]2[C@H]1C1CCN2CC1. The zero-order valence-electron chi connectivity index (χ0n) is 13.6. The number of fused-ring (bicyclic) bond motifs is 2. The Labute approximate surface area is 140 Å². The van der Waals surface area contributed by atoms with Crippen molar-refractivity contribution in [3.63, 3.8) is 0 Å². The molecule has 4 saturated heterocycles. The summed E-state index contributed by atoms with van der Waals surface area (Å²) in [6, 6.07) is 4.80. The van der Waals surface area contributed by atoms with Crippen LogP contribution < -0.4 is 0 Å². The fraction of sp³-hybridized carbons (Fsp3) is 0.632. The number of carbonyl (C=O) groups is 1. The molecule has 1 aromatic carbocycles. The number of amides is 1. The van der Waals surface area contributed by atoms with Gasteiger partial charge in [-0.2, -0.15) is 0 Å². The van der Waals surface area contributed by atoms with Crippen LogP contribution in [0.2, 0.25) is 0 Å². The lowest BCUT2D eigenvalue weighted by Gasteiger charge is -2.51. The van der Waals surface area contributed by atoms with E-state index in [1.54, 1.807) is 12.1 Å². The van der Waals surface area contributed by atoms with Gasteiger partial charge in [0.2, 0.25) is 5.91 Å². The van der Waals surface area contributed by atoms with Crippen molar-refractivity contribution in [2.45, 2.75) is 43.7 Å². The largest absolute Gasteiger partial charge is 0.337 e. The molecule has 4 aliphatic heterocycles. The highest BCUT2D eigenvalue weighted by molar-refractivity contribution is 5.82. The molecule has 5 heteroatoms. The summed E-state index contributed by atoms with van der Waals surface area (Å²) in [5.41, 5.74) is 0.448. The third-order valence-corrected chi connectivity index (χ3v) is 6.58. The Bertz CT molecular complexity index is 682. The Hall–Kier alpha value is -1.49. The Morgan fingerprint density at radius 3 is 2.50 bits per heavy atom. The lowest BCUT2D eigenvalue weighted by Crippen LogP contribution is -2.60. The van der Waals surface area contributed by atoms with Gasteiger partial charge in [0, 0.05) is 24.4 Å². The highest BCUT2D eigenvalue weighted by Crippen LogP contribution is 2.48. The van der Waals surface area contributed by atoms with Gasteiger partial charge in [-0.05, 0) is 56.3 Å². The van der Waals surface area contributed by atoms with Crippen LogP contribution in [0.5, 0.6) is 0 Å². The molecule has 4 heterocycles. The predicted molar refractivity (Wildman–Crippen MR) is 85.4 cm³/mol. The standard InChI is InChI=1S/C19H22F2N2O/c20-15-3-1-2-13(16(15)21)14-10-23(19(24)12-4-5-12)17-11-6-8-22(9-7-11)18(14)17/h1-3,11-12,14,17-18H,4-10H2/t14-,17-,18-/m1/s1. The average molecular weight is 332 g/mol. The first-order valence-electron chi connectivity index (χ1n) is 9.13. The maximum Gasteiger partial charge on any atom is 0.226 e.